The molecule has 0 heterocycles. The molecule has 2 aromatic carbocycles. The van der Waals surface area contributed by atoms with Crippen molar-refractivity contribution in [1.29, 1.82) is 0 Å². The monoisotopic (exact) mass is 199 g/mol. The Kier molecular flexibility index (Phi) is 2.18. The van der Waals surface area contributed by atoms with Crippen LogP contribution in [0.25, 0.3) is 10.8 Å². The molecule has 0 aliphatic rings. The molecule has 15 heavy (non-hydrogen) atoms. The number of hydrogen-bond acceptors (Lipinski definition) is 1. The first kappa shape index (κ1) is 10.0. The molecule has 1 nitrogen and oxygen atoms in total. The van der Waals surface area contributed by atoms with Gasteiger partial charge in [0.2, 0.25) is 0 Å². The Bertz CT molecular complexity index is 492. The first-order chi connectivity index (χ1) is 6.97. The van der Waals surface area contributed by atoms with E-state index in [1.165, 1.54) is 5.56 Å². The van der Waals surface area contributed by atoms with Crippen molar-refractivity contribution in [3.63, 3.8) is 0 Å². The van der Waals surface area contributed by atoms with Crippen LogP contribution in [0.2, 0.25) is 0 Å². The fourth-order valence-electron chi connectivity index (χ4n) is 1.69. The summed E-state index contributed by atoms with van der Waals surface area (Å²) in [5, 5.41) is 13.3. The lowest BCUT2D eigenvalue weighted by molar-refractivity contribution is -0.268. The fraction of sp³-hybridized carbons (Fsp3) is 0.286. The molecule has 78 valence electrons. The smallest absolute Gasteiger partial charge is 0.0132 e. The van der Waals surface area contributed by atoms with Crippen LogP contribution >= 0.6 is 0 Å². The largest absolute Gasteiger partial charge is 0.872 e. The molecule has 0 bridgehead atoms. The van der Waals surface area contributed by atoms with Crippen LogP contribution in [-0.2, 0) is 5.41 Å². The van der Waals surface area contributed by atoms with Crippen LogP contribution < -0.4 is 5.11 Å². The Morgan fingerprint density at radius 2 is 1.47 bits per heavy atom. The van der Waals surface area contributed by atoms with Crippen molar-refractivity contribution in [2.45, 2.75) is 26.2 Å². The summed E-state index contributed by atoms with van der Waals surface area (Å²) in [5.74, 6) is 0.0750. The topological polar surface area (TPSA) is 23.1 Å². The van der Waals surface area contributed by atoms with E-state index in [0.717, 1.165) is 10.8 Å². The molecule has 0 amide bonds. The van der Waals surface area contributed by atoms with Crippen LogP contribution in [-0.4, -0.2) is 0 Å². The first-order valence-corrected chi connectivity index (χ1v) is 5.18. The number of rotatable bonds is 0. The molecule has 0 fully saturated rings. The van der Waals surface area contributed by atoms with Crippen LogP contribution in [0.4, 0.5) is 0 Å². The van der Waals surface area contributed by atoms with Crippen molar-refractivity contribution < 1.29 is 5.11 Å². The van der Waals surface area contributed by atoms with Crippen molar-refractivity contribution in [3.05, 3.63) is 42.0 Å². The molecule has 2 aromatic rings. The van der Waals surface area contributed by atoms with Crippen LogP contribution in [0.5, 0.6) is 5.75 Å². The van der Waals surface area contributed by atoms with E-state index in [9.17, 15) is 5.11 Å². The zero-order valence-corrected chi connectivity index (χ0v) is 9.37. The number of hydrogen-bond donors (Lipinski definition) is 0. The summed E-state index contributed by atoms with van der Waals surface area (Å²) in [4.78, 5) is 0. The number of benzene rings is 2. The van der Waals surface area contributed by atoms with Crippen molar-refractivity contribution in [1.82, 2.24) is 0 Å². The summed E-state index contributed by atoms with van der Waals surface area (Å²) in [6.45, 7) is 6.57. The molecule has 2 rings (SSSR count). The molecule has 0 spiro atoms. The maximum Gasteiger partial charge on any atom is -0.0132 e. The normalized spacial score (nSPS) is 11.9. The minimum atomic E-state index is 0.0750. The quantitative estimate of drug-likeness (QED) is 0.639. The Morgan fingerprint density at radius 3 is 2.13 bits per heavy atom. The van der Waals surface area contributed by atoms with Gasteiger partial charge in [0.1, 0.15) is 0 Å². The Morgan fingerprint density at radius 1 is 0.867 bits per heavy atom. The third-order valence-electron chi connectivity index (χ3n) is 2.68. The summed E-state index contributed by atoms with van der Waals surface area (Å²) in [5.41, 5.74) is 1.46. The molecule has 0 aliphatic carbocycles. The Hall–Kier alpha value is -1.50. The minimum Gasteiger partial charge on any atom is -0.872 e. The maximum absolute atomic E-state index is 11.2. The molecule has 0 unspecified atom stereocenters. The highest BCUT2D eigenvalue weighted by atomic mass is 16.3. The van der Waals surface area contributed by atoms with E-state index < -0.39 is 0 Å². The second kappa shape index (κ2) is 3.27. The SMILES string of the molecule is CC(C)(C)c1ccc2cc([O-])ccc2c1. The molecule has 0 atom stereocenters. The lowest BCUT2D eigenvalue weighted by Gasteiger charge is -2.19. The van der Waals surface area contributed by atoms with Gasteiger partial charge in [0.05, 0.1) is 0 Å². The second-order valence-corrected chi connectivity index (χ2v) is 4.97. The van der Waals surface area contributed by atoms with Crippen molar-refractivity contribution >= 4 is 10.8 Å². The summed E-state index contributed by atoms with van der Waals surface area (Å²) < 4.78 is 0. The fourth-order valence-corrected chi connectivity index (χ4v) is 1.69. The van der Waals surface area contributed by atoms with Gasteiger partial charge in [-0.2, -0.15) is 0 Å². The molecule has 0 N–H and O–H groups in total. The van der Waals surface area contributed by atoms with Crippen LogP contribution in [0.3, 0.4) is 0 Å². The average Bonchev–Trinajstić information content (AvgIpc) is 2.15. The molecule has 0 saturated heterocycles. The van der Waals surface area contributed by atoms with Gasteiger partial charge < -0.3 is 5.11 Å². The molecule has 0 aliphatic heterocycles. The third kappa shape index (κ3) is 1.96. The zero-order valence-electron chi connectivity index (χ0n) is 9.37. The van der Waals surface area contributed by atoms with E-state index >= 15 is 0 Å². The van der Waals surface area contributed by atoms with Gasteiger partial charge >= 0.3 is 0 Å². The molecular weight excluding hydrogens is 184 g/mol. The van der Waals surface area contributed by atoms with E-state index in [2.05, 4.69) is 32.9 Å². The second-order valence-electron chi connectivity index (χ2n) is 4.97. The first-order valence-electron chi connectivity index (χ1n) is 5.18. The molecule has 1 heteroatoms. The van der Waals surface area contributed by atoms with Gasteiger partial charge in [0.15, 0.2) is 0 Å². The van der Waals surface area contributed by atoms with Crippen LogP contribution in [0.1, 0.15) is 26.3 Å². The van der Waals surface area contributed by atoms with Gasteiger partial charge in [0, 0.05) is 0 Å². The van der Waals surface area contributed by atoms with E-state index in [0.29, 0.717) is 0 Å². The lowest BCUT2D eigenvalue weighted by atomic mass is 9.86. The highest BCUT2D eigenvalue weighted by molar-refractivity contribution is 5.84. The molecule has 0 aromatic heterocycles. The number of fused-ring (bicyclic) bond motifs is 1. The van der Waals surface area contributed by atoms with E-state index in [4.69, 9.17) is 0 Å². The predicted octanol–water partition coefficient (Wildman–Crippen LogP) is 3.21. The van der Waals surface area contributed by atoms with E-state index in [-0.39, 0.29) is 11.2 Å². The average molecular weight is 199 g/mol. The van der Waals surface area contributed by atoms with Gasteiger partial charge in [-0.1, -0.05) is 57.2 Å². The predicted molar refractivity (Wildman–Crippen MR) is 62.1 cm³/mol. The van der Waals surface area contributed by atoms with Gasteiger partial charge in [-0.05, 0) is 21.8 Å². The summed E-state index contributed by atoms with van der Waals surface area (Å²) in [7, 11) is 0. The highest BCUT2D eigenvalue weighted by Crippen LogP contribution is 2.27. The molecule has 0 saturated carbocycles. The van der Waals surface area contributed by atoms with Crippen LogP contribution in [0.15, 0.2) is 36.4 Å². The molecule has 0 radical (unpaired) electrons. The van der Waals surface area contributed by atoms with Gasteiger partial charge in [-0.25, -0.2) is 0 Å². The zero-order chi connectivity index (χ0) is 11.1. The van der Waals surface area contributed by atoms with Crippen molar-refractivity contribution in [2.75, 3.05) is 0 Å². The van der Waals surface area contributed by atoms with Crippen LogP contribution in [0, 0.1) is 0 Å². The van der Waals surface area contributed by atoms with E-state index in [1.54, 1.807) is 12.1 Å². The third-order valence-corrected chi connectivity index (χ3v) is 2.68. The Balaban J connectivity index is 2.62. The van der Waals surface area contributed by atoms with Gasteiger partial charge in [-0.3, -0.25) is 0 Å². The van der Waals surface area contributed by atoms with Crippen molar-refractivity contribution in [2.24, 2.45) is 0 Å². The molecular formula is C14H15O-. The standard InChI is InChI=1S/C14H16O/c1-14(2,3)12-6-4-11-9-13(15)7-5-10(11)8-12/h4-9,15H,1-3H3/p-1. The minimum absolute atomic E-state index is 0.0750. The summed E-state index contributed by atoms with van der Waals surface area (Å²) in [6, 6.07) is 11.5. The highest BCUT2D eigenvalue weighted by Gasteiger charge is 2.13. The van der Waals surface area contributed by atoms with Gasteiger partial charge in [-0.15, -0.1) is 5.75 Å². The maximum atomic E-state index is 11.2. The summed E-state index contributed by atoms with van der Waals surface area (Å²) in [6.07, 6.45) is 0. The van der Waals surface area contributed by atoms with E-state index in [1.807, 2.05) is 12.1 Å². The summed E-state index contributed by atoms with van der Waals surface area (Å²) >= 11 is 0. The van der Waals surface area contributed by atoms with Gasteiger partial charge in [0.25, 0.3) is 0 Å². The van der Waals surface area contributed by atoms with Crippen molar-refractivity contribution in [3.8, 4) is 5.75 Å². The Labute approximate surface area is 90.4 Å². The lowest BCUT2D eigenvalue weighted by Crippen LogP contribution is -2.10.